The van der Waals surface area contributed by atoms with Crippen molar-refractivity contribution < 1.29 is 9.90 Å². The normalized spacial score (nSPS) is 18.4. The molecule has 1 atom stereocenters. The largest absolute Gasteiger partial charge is 0.507 e. The zero-order valence-electron chi connectivity index (χ0n) is 12.5. The molecule has 0 unspecified atom stereocenters. The third-order valence-corrected chi connectivity index (χ3v) is 4.88. The van der Waals surface area contributed by atoms with Gasteiger partial charge in [0.2, 0.25) is 0 Å². The lowest BCUT2D eigenvalue weighted by molar-refractivity contribution is 0.0998. The molecule has 0 radical (unpaired) electrons. The molecule has 1 aliphatic rings. The Morgan fingerprint density at radius 3 is 3.05 bits per heavy atom. The van der Waals surface area contributed by atoms with Gasteiger partial charge in [0.15, 0.2) is 5.13 Å². The summed E-state index contributed by atoms with van der Waals surface area (Å²) in [7, 11) is 0. The predicted molar refractivity (Wildman–Crippen MR) is 88.3 cm³/mol. The van der Waals surface area contributed by atoms with E-state index < -0.39 is 5.91 Å². The zero-order valence-corrected chi connectivity index (χ0v) is 13.3. The molecule has 3 rings (SSSR count). The van der Waals surface area contributed by atoms with Crippen LogP contribution in [0.25, 0.3) is 11.3 Å². The van der Waals surface area contributed by atoms with E-state index in [-0.39, 0.29) is 11.3 Å². The smallest absolute Gasteiger partial charge is 0.252 e. The van der Waals surface area contributed by atoms with Gasteiger partial charge < -0.3 is 15.7 Å². The van der Waals surface area contributed by atoms with E-state index in [4.69, 9.17) is 5.73 Å². The van der Waals surface area contributed by atoms with Crippen LogP contribution in [-0.4, -0.2) is 29.1 Å². The first-order valence-corrected chi connectivity index (χ1v) is 8.26. The number of nitrogens with two attached hydrogens (primary N) is 1. The number of primary amides is 1. The second-order valence-electron chi connectivity index (χ2n) is 5.80. The van der Waals surface area contributed by atoms with E-state index in [1.54, 1.807) is 23.5 Å². The number of piperidine rings is 1. The van der Waals surface area contributed by atoms with Crippen LogP contribution in [0.15, 0.2) is 23.6 Å². The standard InChI is InChI=1S/C16H19N3O2S/c1-10-3-2-6-19(8-10)16-18-13(9-22-16)11-4-5-14(20)12(7-11)15(17)21/h4-5,7,9-10,20H,2-3,6,8H2,1H3,(H2,17,21)/t10-/m1/s1. The predicted octanol–water partition coefficient (Wildman–Crippen LogP) is 2.85. The van der Waals surface area contributed by atoms with Gasteiger partial charge in [0.1, 0.15) is 5.75 Å². The van der Waals surface area contributed by atoms with Gasteiger partial charge in [-0.2, -0.15) is 0 Å². The Morgan fingerprint density at radius 1 is 1.50 bits per heavy atom. The maximum absolute atomic E-state index is 11.3. The summed E-state index contributed by atoms with van der Waals surface area (Å²) in [6, 6.07) is 4.83. The molecule has 1 aliphatic heterocycles. The van der Waals surface area contributed by atoms with E-state index in [9.17, 15) is 9.90 Å². The lowest BCUT2D eigenvalue weighted by Crippen LogP contribution is -2.34. The number of rotatable bonds is 3. The Kier molecular flexibility index (Phi) is 4.02. The highest BCUT2D eigenvalue weighted by molar-refractivity contribution is 7.14. The highest BCUT2D eigenvalue weighted by Crippen LogP contribution is 2.32. The van der Waals surface area contributed by atoms with Gasteiger partial charge in [0.25, 0.3) is 5.91 Å². The highest BCUT2D eigenvalue weighted by atomic mass is 32.1. The molecule has 5 nitrogen and oxygen atoms in total. The summed E-state index contributed by atoms with van der Waals surface area (Å²) < 4.78 is 0. The van der Waals surface area contributed by atoms with Crippen LogP contribution in [0.5, 0.6) is 5.75 Å². The number of aromatic nitrogens is 1. The van der Waals surface area contributed by atoms with E-state index in [1.807, 2.05) is 5.38 Å². The number of phenols is 1. The van der Waals surface area contributed by atoms with Crippen LogP contribution >= 0.6 is 11.3 Å². The van der Waals surface area contributed by atoms with E-state index in [2.05, 4.69) is 16.8 Å². The average molecular weight is 317 g/mol. The minimum Gasteiger partial charge on any atom is -0.507 e. The van der Waals surface area contributed by atoms with Crippen molar-refractivity contribution in [1.29, 1.82) is 0 Å². The van der Waals surface area contributed by atoms with Crippen molar-refractivity contribution in [2.75, 3.05) is 18.0 Å². The number of hydrogen-bond donors (Lipinski definition) is 2. The lowest BCUT2D eigenvalue weighted by Gasteiger charge is -2.30. The molecular weight excluding hydrogens is 298 g/mol. The second kappa shape index (κ2) is 5.96. The number of amides is 1. The Hall–Kier alpha value is -2.08. The van der Waals surface area contributed by atoms with Crippen LogP contribution in [0.1, 0.15) is 30.1 Å². The Balaban J connectivity index is 1.87. The molecule has 1 saturated heterocycles. The molecular formula is C16H19N3O2S. The quantitative estimate of drug-likeness (QED) is 0.912. The zero-order chi connectivity index (χ0) is 15.7. The van der Waals surface area contributed by atoms with Crippen LogP contribution in [0.3, 0.4) is 0 Å². The fourth-order valence-corrected chi connectivity index (χ4v) is 3.67. The summed E-state index contributed by atoms with van der Waals surface area (Å²) >= 11 is 1.61. The third-order valence-electron chi connectivity index (χ3n) is 3.98. The van der Waals surface area contributed by atoms with Crippen molar-refractivity contribution in [2.45, 2.75) is 19.8 Å². The Labute approximate surface area is 133 Å². The molecule has 2 heterocycles. The van der Waals surface area contributed by atoms with E-state index in [0.717, 1.165) is 29.5 Å². The summed E-state index contributed by atoms with van der Waals surface area (Å²) in [5.41, 5.74) is 6.99. The maximum Gasteiger partial charge on any atom is 0.252 e. The molecule has 1 aromatic carbocycles. The van der Waals surface area contributed by atoms with Gasteiger partial charge in [-0.05, 0) is 37.0 Å². The highest BCUT2D eigenvalue weighted by Gasteiger charge is 2.19. The Bertz CT molecular complexity index is 698. The number of hydrogen-bond acceptors (Lipinski definition) is 5. The molecule has 6 heteroatoms. The fourth-order valence-electron chi connectivity index (χ4n) is 2.80. The number of anilines is 1. The minimum atomic E-state index is -0.639. The summed E-state index contributed by atoms with van der Waals surface area (Å²) in [6.07, 6.45) is 2.47. The van der Waals surface area contributed by atoms with Crippen LogP contribution < -0.4 is 10.6 Å². The monoisotopic (exact) mass is 317 g/mol. The number of carbonyl (C=O) groups excluding carboxylic acids is 1. The SMILES string of the molecule is C[C@@H]1CCCN(c2nc(-c3ccc(O)c(C(N)=O)c3)cs2)C1. The molecule has 0 aliphatic carbocycles. The van der Waals surface area contributed by atoms with Gasteiger partial charge in [-0.1, -0.05) is 6.92 Å². The summed E-state index contributed by atoms with van der Waals surface area (Å²) in [4.78, 5) is 18.3. The molecule has 116 valence electrons. The van der Waals surface area contributed by atoms with Gasteiger partial charge in [0, 0.05) is 24.0 Å². The molecule has 2 aromatic rings. The van der Waals surface area contributed by atoms with Gasteiger partial charge in [-0.15, -0.1) is 11.3 Å². The second-order valence-corrected chi connectivity index (χ2v) is 6.64. The van der Waals surface area contributed by atoms with Crippen molar-refractivity contribution >= 4 is 22.4 Å². The number of carbonyl (C=O) groups is 1. The van der Waals surface area contributed by atoms with Crippen LogP contribution in [-0.2, 0) is 0 Å². The van der Waals surface area contributed by atoms with Crippen molar-refractivity contribution in [3.63, 3.8) is 0 Å². The molecule has 22 heavy (non-hydrogen) atoms. The molecule has 1 amide bonds. The lowest BCUT2D eigenvalue weighted by atomic mass is 10.0. The van der Waals surface area contributed by atoms with Gasteiger partial charge in [-0.25, -0.2) is 4.98 Å². The van der Waals surface area contributed by atoms with Gasteiger partial charge >= 0.3 is 0 Å². The number of benzene rings is 1. The van der Waals surface area contributed by atoms with Crippen molar-refractivity contribution in [1.82, 2.24) is 4.98 Å². The first-order chi connectivity index (χ1) is 10.5. The number of aromatic hydroxyl groups is 1. The van der Waals surface area contributed by atoms with Crippen LogP contribution in [0, 0.1) is 5.92 Å². The average Bonchev–Trinajstić information content (AvgIpc) is 2.97. The van der Waals surface area contributed by atoms with E-state index in [1.165, 1.54) is 18.9 Å². The molecule has 1 fully saturated rings. The molecule has 0 spiro atoms. The summed E-state index contributed by atoms with van der Waals surface area (Å²) in [5, 5.41) is 12.7. The Morgan fingerprint density at radius 2 is 2.32 bits per heavy atom. The molecule has 1 aromatic heterocycles. The summed E-state index contributed by atoms with van der Waals surface area (Å²) in [6.45, 7) is 4.34. The molecule has 0 bridgehead atoms. The third kappa shape index (κ3) is 2.92. The van der Waals surface area contributed by atoms with Crippen molar-refractivity contribution in [3.8, 4) is 17.0 Å². The van der Waals surface area contributed by atoms with Gasteiger partial charge in [-0.3, -0.25) is 4.79 Å². The number of thiazole rings is 1. The van der Waals surface area contributed by atoms with Gasteiger partial charge in [0.05, 0.1) is 11.3 Å². The van der Waals surface area contributed by atoms with Crippen molar-refractivity contribution in [3.05, 3.63) is 29.1 Å². The molecule has 3 N–H and O–H groups in total. The van der Waals surface area contributed by atoms with Crippen molar-refractivity contribution in [2.24, 2.45) is 11.7 Å². The van der Waals surface area contributed by atoms with Crippen LogP contribution in [0.2, 0.25) is 0 Å². The number of nitrogens with zero attached hydrogens (tertiary/aromatic N) is 2. The summed E-state index contributed by atoms with van der Waals surface area (Å²) in [5.74, 6) is -0.0487. The maximum atomic E-state index is 11.3. The van der Waals surface area contributed by atoms with Crippen LogP contribution in [0.4, 0.5) is 5.13 Å². The fraction of sp³-hybridized carbons (Fsp3) is 0.375. The first-order valence-electron chi connectivity index (χ1n) is 7.38. The molecule has 0 saturated carbocycles. The first kappa shape index (κ1) is 14.8. The minimum absolute atomic E-state index is 0.100. The topological polar surface area (TPSA) is 79.4 Å². The van der Waals surface area contributed by atoms with E-state index in [0.29, 0.717) is 5.92 Å². The van der Waals surface area contributed by atoms with E-state index >= 15 is 0 Å².